The molecular weight excluding hydrogens is 264 g/mol. The maximum atomic E-state index is 11.6. The highest BCUT2D eigenvalue weighted by molar-refractivity contribution is 6.76. The minimum Gasteiger partial charge on any atom is -0.464 e. The summed E-state index contributed by atoms with van der Waals surface area (Å²) in [7, 11) is 0.117. The van der Waals surface area contributed by atoms with Gasteiger partial charge in [-0.1, -0.05) is 19.6 Å². The number of carbonyl (C=O) groups excluding carboxylic acids is 1. The van der Waals surface area contributed by atoms with Crippen molar-refractivity contribution >= 4 is 14.0 Å². The van der Waals surface area contributed by atoms with Gasteiger partial charge < -0.3 is 9.47 Å². The van der Waals surface area contributed by atoms with Crippen LogP contribution < -0.4 is 5.56 Å². The predicted octanol–water partition coefficient (Wildman–Crippen LogP) is 1.34. The number of rotatable bonds is 6. The molecule has 0 aliphatic heterocycles. The van der Waals surface area contributed by atoms with E-state index in [2.05, 4.69) is 29.5 Å². The van der Waals surface area contributed by atoms with Gasteiger partial charge in [0.2, 0.25) is 0 Å². The first kappa shape index (κ1) is 15.6. The molecule has 0 unspecified atom stereocenters. The molecule has 0 N–H and O–H groups in total. The van der Waals surface area contributed by atoms with Crippen LogP contribution in [-0.2, 0) is 16.2 Å². The maximum Gasteiger partial charge on any atom is 0.358 e. The van der Waals surface area contributed by atoms with E-state index in [0.29, 0.717) is 6.61 Å². The molecule has 7 heteroatoms. The third-order valence-electron chi connectivity index (χ3n) is 2.47. The van der Waals surface area contributed by atoms with Crippen molar-refractivity contribution in [3.63, 3.8) is 0 Å². The van der Waals surface area contributed by atoms with Gasteiger partial charge in [-0.3, -0.25) is 4.79 Å². The fourth-order valence-electron chi connectivity index (χ4n) is 1.28. The highest BCUT2D eigenvalue weighted by Crippen LogP contribution is 2.07. The van der Waals surface area contributed by atoms with Gasteiger partial charge in [0.1, 0.15) is 6.73 Å². The van der Waals surface area contributed by atoms with Crippen molar-refractivity contribution in [1.82, 2.24) is 9.78 Å². The topological polar surface area (TPSA) is 70.4 Å². The Morgan fingerprint density at radius 3 is 2.63 bits per heavy atom. The molecular formula is C12H20N2O4Si. The SMILES string of the molecule is COC(=O)c1ccc(=O)n(COCC[Si](C)(C)C)n1. The fourth-order valence-corrected chi connectivity index (χ4v) is 2.04. The molecule has 0 aliphatic carbocycles. The first-order valence-electron chi connectivity index (χ1n) is 6.08. The summed E-state index contributed by atoms with van der Waals surface area (Å²) >= 11 is 0. The summed E-state index contributed by atoms with van der Waals surface area (Å²) in [5, 5.41) is 3.89. The van der Waals surface area contributed by atoms with Crippen molar-refractivity contribution in [2.45, 2.75) is 32.4 Å². The van der Waals surface area contributed by atoms with Gasteiger partial charge >= 0.3 is 5.97 Å². The number of hydrogen-bond donors (Lipinski definition) is 0. The molecule has 0 atom stereocenters. The summed E-state index contributed by atoms with van der Waals surface area (Å²) in [5.41, 5.74) is -0.212. The molecule has 0 radical (unpaired) electrons. The van der Waals surface area contributed by atoms with E-state index in [1.165, 1.54) is 19.2 Å². The largest absolute Gasteiger partial charge is 0.464 e. The number of methoxy groups -OCH3 is 1. The van der Waals surface area contributed by atoms with Crippen LogP contribution in [0, 0.1) is 0 Å². The summed E-state index contributed by atoms with van der Waals surface area (Å²) in [6, 6.07) is 3.63. The third kappa shape index (κ3) is 5.35. The number of carbonyl (C=O) groups is 1. The minimum absolute atomic E-state index is 0.0497. The first-order valence-corrected chi connectivity index (χ1v) is 9.78. The van der Waals surface area contributed by atoms with Gasteiger partial charge in [0.15, 0.2) is 5.69 Å². The molecule has 1 rings (SSSR count). The van der Waals surface area contributed by atoms with E-state index in [4.69, 9.17) is 4.74 Å². The van der Waals surface area contributed by atoms with E-state index >= 15 is 0 Å². The van der Waals surface area contributed by atoms with Crippen molar-refractivity contribution < 1.29 is 14.3 Å². The molecule has 0 aliphatic rings. The van der Waals surface area contributed by atoms with Gasteiger partial charge in [-0.25, -0.2) is 9.48 Å². The number of nitrogens with zero attached hydrogens (tertiary/aromatic N) is 2. The Morgan fingerprint density at radius 1 is 1.37 bits per heavy atom. The zero-order chi connectivity index (χ0) is 14.5. The second-order valence-corrected chi connectivity index (χ2v) is 11.0. The zero-order valence-electron chi connectivity index (χ0n) is 11.8. The van der Waals surface area contributed by atoms with E-state index in [1.807, 2.05) is 0 Å². The molecule has 1 aromatic rings. The Hall–Kier alpha value is -1.47. The van der Waals surface area contributed by atoms with Gasteiger partial charge in [-0.05, 0) is 12.1 Å². The third-order valence-corrected chi connectivity index (χ3v) is 4.18. The normalized spacial score (nSPS) is 11.4. The first-order chi connectivity index (χ1) is 8.83. The number of hydrogen-bond acceptors (Lipinski definition) is 5. The van der Waals surface area contributed by atoms with Gasteiger partial charge in [0, 0.05) is 20.7 Å². The number of esters is 1. The lowest BCUT2D eigenvalue weighted by atomic mass is 10.4. The average Bonchev–Trinajstić information content (AvgIpc) is 2.34. The summed E-state index contributed by atoms with van der Waals surface area (Å²) in [6.45, 7) is 7.39. The van der Waals surface area contributed by atoms with Crippen molar-refractivity contribution in [3.8, 4) is 0 Å². The Kier molecular flexibility index (Phi) is 5.43. The van der Waals surface area contributed by atoms with Gasteiger partial charge in [0.25, 0.3) is 5.56 Å². The van der Waals surface area contributed by atoms with Crippen molar-refractivity contribution in [2.75, 3.05) is 13.7 Å². The van der Waals surface area contributed by atoms with Crippen LogP contribution in [0.1, 0.15) is 10.5 Å². The predicted molar refractivity (Wildman–Crippen MR) is 73.9 cm³/mol. The number of ether oxygens (including phenoxy) is 2. The standard InChI is InChI=1S/C12H20N2O4Si/c1-17-12(16)10-5-6-11(15)14(13-10)9-18-7-8-19(2,3)4/h5-6H,7-9H2,1-4H3. The van der Waals surface area contributed by atoms with Crippen LogP contribution in [0.4, 0.5) is 0 Å². The van der Waals surface area contributed by atoms with Crippen LogP contribution in [0.5, 0.6) is 0 Å². The zero-order valence-corrected chi connectivity index (χ0v) is 12.8. The smallest absolute Gasteiger partial charge is 0.358 e. The molecule has 0 bridgehead atoms. The maximum absolute atomic E-state index is 11.6. The van der Waals surface area contributed by atoms with Gasteiger partial charge in [0.05, 0.1) is 7.11 Å². The molecule has 106 valence electrons. The Morgan fingerprint density at radius 2 is 2.05 bits per heavy atom. The molecule has 1 aromatic heterocycles. The molecule has 0 amide bonds. The quantitative estimate of drug-likeness (QED) is 0.448. The van der Waals surface area contributed by atoms with Crippen LogP contribution in [-0.4, -0.2) is 37.5 Å². The second-order valence-electron chi connectivity index (χ2n) is 5.40. The van der Waals surface area contributed by atoms with E-state index in [1.54, 1.807) is 0 Å². The van der Waals surface area contributed by atoms with Crippen molar-refractivity contribution in [3.05, 3.63) is 28.2 Å². The molecule has 0 aromatic carbocycles. The Bertz CT molecular complexity index is 493. The minimum atomic E-state index is -1.15. The van der Waals surface area contributed by atoms with E-state index < -0.39 is 14.0 Å². The van der Waals surface area contributed by atoms with E-state index in [0.717, 1.165) is 10.7 Å². The van der Waals surface area contributed by atoms with Crippen LogP contribution in [0.25, 0.3) is 0 Å². The molecule has 6 nitrogen and oxygen atoms in total. The highest BCUT2D eigenvalue weighted by Gasteiger charge is 2.13. The lowest BCUT2D eigenvalue weighted by Gasteiger charge is -2.15. The van der Waals surface area contributed by atoms with Gasteiger partial charge in [-0.2, -0.15) is 5.10 Å². The molecule has 0 saturated carbocycles. The lowest BCUT2D eigenvalue weighted by molar-refractivity contribution is 0.0570. The molecule has 19 heavy (non-hydrogen) atoms. The summed E-state index contributed by atoms with van der Waals surface area (Å²) in [4.78, 5) is 22.9. The van der Waals surface area contributed by atoms with Crippen molar-refractivity contribution in [2.24, 2.45) is 0 Å². The summed E-state index contributed by atoms with van der Waals surface area (Å²) in [5.74, 6) is -0.573. The monoisotopic (exact) mass is 284 g/mol. The van der Waals surface area contributed by atoms with Crippen LogP contribution in [0.2, 0.25) is 25.7 Å². The Balaban J connectivity index is 2.63. The van der Waals surface area contributed by atoms with Crippen molar-refractivity contribution in [1.29, 1.82) is 0 Å². The molecule has 0 spiro atoms. The fraction of sp³-hybridized carbons (Fsp3) is 0.583. The summed E-state index contributed by atoms with van der Waals surface area (Å²) < 4.78 is 11.1. The second kappa shape index (κ2) is 6.62. The number of aromatic nitrogens is 2. The van der Waals surface area contributed by atoms with Crippen LogP contribution >= 0.6 is 0 Å². The van der Waals surface area contributed by atoms with Crippen LogP contribution in [0.15, 0.2) is 16.9 Å². The Labute approximate surface area is 113 Å². The lowest BCUT2D eigenvalue weighted by Crippen LogP contribution is -2.27. The average molecular weight is 284 g/mol. The summed E-state index contributed by atoms with van der Waals surface area (Å²) in [6.07, 6.45) is 0. The van der Waals surface area contributed by atoms with Gasteiger partial charge in [-0.15, -0.1) is 0 Å². The highest BCUT2D eigenvalue weighted by atomic mass is 28.3. The van der Waals surface area contributed by atoms with Crippen LogP contribution in [0.3, 0.4) is 0 Å². The van der Waals surface area contributed by atoms with E-state index in [-0.39, 0.29) is 18.0 Å². The molecule has 0 saturated heterocycles. The molecule has 0 fully saturated rings. The molecule has 1 heterocycles. The van der Waals surface area contributed by atoms with E-state index in [9.17, 15) is 9.59 Å².